The molecule has 2 saturated heterocycles. The van der Waals surface area contributed by atoms with E-state index in [0.29, 0.717) is 13.1 Å². The minimum absolute atomic E-state index is 0.0269. The number of carbonyl (C=O) groups is 2. The fraction of sp³-hybridized carbons (Fsp3) is 0.524. The zero-order valence-corrected chi connectivity index (χ0v) is 15.1. The standard InChI is InChI=1S/C21H28N2O2/c1-3-19(24)22-14-10-18(11-15-22)20(25)23-13-7-12-21(23,2)16-17-8-5-4-6-9-17/h3-6,8-9,18H,1,7,10-16H2,2H3. The van der Waals surface area contributed by atoms with Gasteiger partial charge in [-0.3, -0.25) is 9.59 Å². The number of rotatable bonds is 4. The van der Waals surface area contributed by atoms with Crippen LogP contribution in [0.4, 0.5) is 0 Å². The molecule has 2 amide bonds. The molecule has 0 radical (unpaired) electrons. The van der Waals surface area contributed by atoms with Crippen LogP contribution < -0.4 is 0 Å². The quantitative estimate of drug-likeness (QED) is 0.791. The number of benzene rings is 1. The van der Waals surface area contributed by atoms with E-state index in [2.05, 4.69) is 42.7 Å². The van der Waals surface area contributed by atoms with Crippen molar-refractivity contribution in [3.63, 3.8) is 0 Å². The van der Waals surface area contributed by atoms with E-state index in [0.717, 1.165) is 38.6 Å². The molecule has 1 aromatic rings. The highest BCUT2D eigenvalue weighted by Gasteiger charge is 2.42. The van der Waals surface area contributed by atoms with E-state index in [1.54, 1.807) is 4.90 Å². The molecule has 2 aliphatic heterocycles. The van der Waals surface area contributed by atoms with Gasteiger partial charge in [-0.1, -0.05) is 36.9 Å². The summed E-state index contributed by atoms with van der Waals surface area (Å²) < 4.78 is 0. The zero-order valence-electron chi connectivity index (χ0n) is 15.1. The van der Waals surface area contributed by atoms with E-state index in [9.17, 15) is 9.59 Å². The lowest BCUT2D eigenvalue weighted by molar-refractivity contribution is -0.142. The molecule has 4 heteroatoms. The van der Waals surface area contributed by atoms with Crippen molar-refractivity contribution in [1.82, 2.24) is 9.80 Å². The molecule has 25 heavy (non-hydrogen) atoms. The van der Waals surface area contributed by atoms with Gasteiger partial charge in [0.1, 0.15) is 0 Å². The fourth-order valence-electron chi connectivity index (χ4n) is 4.31. The van der Waals surface area contributed by atoms with Crippen LogP contribution in [-0.4, -0.2) is 46.8 Å². The van der Waals surface area contributed by atoms with Gasteiger partial charge in [-0.25, -0.2) is 0 Å². The Kier molecular flexibility index (Phi) is 5.26. The normalized spacial score (nSPS) is 24.4. The number of likely N-dealkylation sites (tertiary alicyclic amines) is 2. The van der Waals surface area contributed by atoms with Crippen LogP contribution in [0.5, 0.6) is 0 Å². The SMILES string of the molecule is C=CC(=O)N1CCC(C(=O)N2CCCC2(C)Cc2ccccc2)CC1. The number of nitrogens with zero attached hydrogens (tertiary/aromatic N) is 2. The van der Waals surface area contributed by atoms with Crippen molar-refractivity contribution in [3.8, 4) is 0 Å². The Balaban J connectivity index is 1.65. The molecular weight excluding hydrogens is 312 g/mol. The third-order valence-corrected chi connectivity index (χ3v) is 5.77. The van der Waals surface area contributed by atoms with Gasteiger partial charge in [-0.15, -0.1) is 0 Å². The summed E-state index contributed by atoms with van der Waals surface area (Å²) in [5, 5.41) is 0. The van der Waals surface area contributed by atoms with Crippen LogP contribution in [0.1, 0.15) is 38.2 Å². The highest BCUT2D eigenvalue weighted by molar-refractivity contribution is 5.87. The van der Waals surface area contributed by atoms with Crippen molar-refractivity contribution in [2.45, 2.75) is 44.6 Å². The summed E-state index contributed by atoms with van der Waals surface area (Å²) in [4.78, 5) is 28.8. The predicted molar refractivity (Wildman–Crippen MR) is 99.0 cm³/mol. The molecule has 1 aromatic carbocycles. The van der Waals surface area contributed by atoms with E-state index < -0.39 is 0 Å². The maximum absolute atomic E-state index is 13.2. The van der Waals surface area contributed by atoms with Crippen molar-refractivity contribution in [1.29, 1.82) is 0 Å². The summed E-state index contributed by atoms with van der Waals surface area (Å²) in [5.41, 5.74) is 1.20. The zero-order chi connectivity index (χ0) is 17.9. The summed E-state index contributed by atoms with van der Waals surface area (Å²) in [5.74, 6) is 0.296. The number of hydrogen-bond acceptors (Lipinski definition) is 2. The molecule has 134 valence electrons. The van der Waals surface area contributed by atoms with Gasteiger partial charge in [-0.05, 0) is 50.7 Å². The third kappa shape index (κ3) is 3.78. The molecule has 4 nitrogen and oxygen atoms in total. The molecule has 0 saturated carbocycles. The molecule has 1 atom stereocenters. The van der Waals surface area contributed by atoms with Crippen LogP contribution in [-0.2, 0) is 16.0 Å². The Morgan fingerprint density at radius 1 is 1.20 bits per heavy atom. The van der Waals surface area contributed by atoms with Crippen LogP contribution in [0.2, 0.25) is 0 Å². The maximum atomic E-state index is 13.2. The number of carbonyl (C=O) groups excluding carboxylic acids is 2. The van der Waals surface area contributed by atoms with Crippen molar-refractivity contribution >= 4 is 11.8 Å². The first-order valence-corrected chi connectivity index (χ1v) is 9.30. The first kappa shape index (κ1) is 17.7. The van der Waals surface area contributed by atoms with Crippen molar-refractivity contribution in [2.75, 3.05) is 19.6 Å². The second-order valence-electron chi connectivity index (χ2n) is 7.56. The molecular formula is C21H28N2O2. The number of hydrogen-bond donors (Lipinski definition) is 0. The van der Waals surface area contributed by atoms with Crippen LogP contribution in [0.15, 0.2) is 43.0 Å². The highest BCUT2D eigenvalue weighted by Crippen LogP contribution is 2.35. The van der Waals surface area contributed by atoms with Gasteiger partial charge in [0.2, 0.25) is 11.8 Å². The van der Waals surface area contributed by atoms with Gasteiger partial charge in [0, 0.05) is 31.1 Å². The van der Waals surface area contributed by atoms with Crippen molar-refractivity contribution in [2.24, 2.45) is 5.92 Å². The highest BCUT2D eigenvalue weighted by atomic mass is 16.2. The summed E-state index contributed by atoms with van der Waals surface area (Å²) in [6.45, 7) is 7.94. The van der Waals surface area contributed by atoms with E-state index in [-0.39, 0.29) is 23.3 Å². The predicted octanol–water partition coefficient (Wildman–Crippen LogP) is 3.03. The number of amides is 2. The van der Waals surface area contributed by atoms with Gasteiger partial charge >= 0.3 is 0 Å². The monoisotopic (exact) mass is 340 g/mol. The van der Waals surface area contributed by atoms with Gasteiger partial charge in [0.05, 0.1) is 0 Å². The second-order valence-corrected chi connectivity index (χ2v) is 7.56. The number of piperidine rings is 1. The molecule has 2 heterocycles. The van der Waals surface area contributed by atoms with E-state index >= 15 is 0 Å². The summed E-state index contributed by atoms with van der Waals surface area (Å²) in [6.07, 6.45) is 5.92. The molecule has 2 aliphatic rings. The largest absolute Gasteiger partial charge is 0.339 e. The topological polar surface area (TPSA) is 40.6 Å². The molecule has 0 spiro atoms. The first-order chi connectivity index (χ1) is 12.0. The van der Waals surface area contributed by atoms with E-state index in [4.69, 9.17) is 0 Å². The Hall–Kier alpha value is -2.10. The minimum atomic E-state index is -0.0908. The van der Waals surface area contributed by atoms with Crippen LogP contribution in [0.3, 0.4) is 0 Å². The smallest absolute Gasteiger partial charge is 0.245 e. The summed E-state index contributed by atoms with van der Waals surface area (Å²) in [6, 6.07) is 10.4. The van der Waals surface area contributed by atoms with E-state index in [1.165, 1.54) is 11.6 Å². The molecule has 3 rings (SSSR count). The Morgan fingerprint density at radius 3 is 2.52 bits per heavy atom. The molecule has 0 bridgehead atoms. The molecule has 0 aromatic heterocycles. The Morgan fingerprint density at radius 2 is 1.88 bits per heavy atom. The van der Waals surface area contributed by atoms with Gasteiger partial charge in [0.25, 0.3) is 0 Å². The first-order valence-electron chi connectivity index (χ1n) is 9.30. The maximum Gasteiger partial charge on any atom is 0.245 e. The third-order valence-electron chi connectivity index (χ3n) is 5.77. The average Bonchev–Trinajstić information content (AvgIpc) is 3.02. The van der Waals surface area contributed by atoms with Crippen molar-refractivity contribution in [3.05, 3.63) is 48.6 Å². The lowest BCUT2D eigenvalue weighted by Gasteiger charge is -2.40. The Bertz CT molecular complexity index is 635. The minimum Gasteiger partial charge on any atom is -0.339 e. The van der Waals surface area contributed by atoms with E-state index in [1.807, 2.05) is 6.07 Å². The lowest BCUT2D eigenvalue weighted by Crippen LogP contribution is -2.51. The molecule has 0 N–H and O–H groups in total. The summed E-state index contributed by atoms with van der Waals surface area (Å²) >= 11 is 0. The fourth-order valence-corrected chi connectivity index (χ4v) is 4.31. The van der Waals surface area contributed by atoms with Gasteiger partial charge < -0.3 is 9.80 Å². The summed E-state index contributed by atoms with van der Waals surface area (Å²) in [7, 11) is 0. The molecule has 1 unspecified atom stereocenters. The average molecular weight is 340 g/mol. The molecule has 2 fully saturated rings. The van der Waals surface area contributed by atoms with Gasteiger partial charge in [-0.2, -0.15) is 0 Å². The lowest BCUT2D eigenvalue weighted by atomic mass is 9.88. The van der Waals surface area contributed by atoms with Crippen LogP contribution in [0.25, 0.3) is 0 Å². The molecule has 0 aliphatic carbocycles. The van der Waals surface area contributed by atoms with Crippen LogP contribution in [0, 0.1) is 5.92 Å². The van der Waals surface area contributed by atoms with Crippen LogP contribution >= 0.6 is 0 Å². The Labute approximate surface area is 150 Å². The second kappa shape index (κ2) is 7.42. The van der Waals surface area contributed by atoms with Crippen molar-refractivity contribution < 1.29 is 9.59 Å². The van der Waals surface area contributed by atoms with Gasteiger partial charge in [0.15, 0.2) is 0 Å².